The van der Waals surface area contributed by atoms with Crippen molar-refractivity contribution in [1.29, 1.82) is 0 Å². The number of piperidine rings is 1. The molecule has 0 aliphatic carbocycles. The van der Waals surface area contributed by atoms with Gasteiger partial charge in [0.15, 0.2) is 0 Å². The molecule has 7 N–H and O–H groups in total. The molecule has 1 heterocycles. The van der Waals surface area contributed by atoms with Crippen molar-refractivity contribution in [2.45, 2.75) is 12.8 Å². The van der Waals surface area contributed by atoms with E-state index in [1.807, 2.05) is 6.08 Å². The SMILES string of the molecule is NC(N)=C/C=C(\N)C1CCNCC1. The van der Waals surface area contributed by atoms with Gasteiger partial charge in [-0.15, -0.1) is 0 Å². The van der Waals surface area contributed by atoms with E-state index in [9.17, 15) is 0 Å². The van der Waals surface area contributed by atoms with Crippen molar-refractivity contribution in [3.8, 4) is 0 Å². The van der Waals surface area contributed by atoms with Crippen molar-refractivity contribution in [2.24, 2.45) is 23.1 Å². The first kappa shape index (κ1) is 9.92. The third-order valence-corrected chi connectivity index (χ3v) is 2.28. The summed E-state index contributed by atoms with van der Waals surface area (Å²) in [4.78, 5) is 0. The van der Waals surface area contributed by atoms with E-state index < -0.39 is 0 Å². The summed E-state index contributed by atoms with van der Waals surface area (Å²) in [5.41, 5.74) is 17.4. The van der Waals surface area contributed by atoms with Crippen LogP contribution in [0.1, 0.15) is 12.8 Å². The molecule has 4 heteroatoms. The summed E-state index contributed by atoms with van der Waals surface area (Å²) in [6.07, 6.45) is 5.66. The summed E-state index contributed by atoms with van der Waals surface area (Å²) in [7, 11) is 0. The Morgan fingerprint density at radius 1 is 1.08 bits per heavy atom. The van der Waals surface area contributed by atoms with E-state index in [1.165, 1.54) is 0 Å². The lowest BCUT2D eigenvalue weighted by molar-refractivity contribution is 0.417. The fourth-order valence-corrected chi connectivity index (χ4v) is 1.48. The van der Waals surface area contributed by atoms with E-state index in [1.54, 1.807) is 6.08 Å². The smallest absolute Gasteiger partial charge is 0.0934 e. The van der Waals surface area contributed by atoms with Gasteiger partial charge in [-0.2, -0.15) is 0 Å². The predicted octanol–water partition coefficient (Wildman–Crippen LogP) is -0.413. The van der Waals surface area contributed by atoms with Gasteiger partial charge in [0, 0.05) is 11.6 Å². The van der Waals surface area contributed by atoms with Crippen molar-refractivity contribution in [2.75, 3.05) is 13.1 Å². The number of rotatable bonds is 2. The molecule has 0 spiro atoms. The largest absolute Gasteiger partial charge is 0.402 e. The van der Waals surface area contributed by atoms with E-state index in [0.29, 0.717) is 11.7 Å². The van der Waals surface area contributed by atoms with E-state index >= 15 is 0 Å². The molecular weight excluding hydrogens is 164 g/mol. The van der Waals surface area contributed by atoms with E-state index in [-0.39, 0.29) is 0 Å². The second-order valence-corrected chi connectivity index (χ2v) is 3.36. The summed E-state index contributed by atoms with van der Waals surface area (Å²) in [5, 5.41) is 3.29. The Labute approximate surface area is 78.8 Å². The molecule has 0 unspecified atom stereocenters. The third-order valence-electron chi connectivity index (χ3n) is 2.28. The highest BCUT2D eigenvalue weighted by Gasteiger charge is 2.14. The van der Waals surface area contributed by atoms with Crippen molar-refractivity contribution >= 4 is 0 Å². The van der Waals surface area contributed by atoms with Gasteiger partial charge in [0.25, 0.3) is 0 Å². The first-order valence-electron chi connectivity index (χ1n) is 4.59. The van der Waals surface area contributed by atoms with E-state index in [4.69, 9.17) is 17.2 Å². The van der Waals surface area contributed by atoms with Gasteiger partial charge in [0.2, 0.25) is 0 Å². The summed E-state index contributed by atoms with van der Waals surface area (Å²) in [6, 6.07) is 0. The molecule has 4 nitrogen and oxygen atoms in total. The monoisotopic (exact) mass is 182 g/mol. The van der Waals surface area contributed by atoms with E-state index in [0.717, 1.165) is 31.6 Å². The Balaban J connectivity index is 2.49. The summed E-state index contributed by atoms with van der Waals surface area (Å²) in [6.45, 7) is 2.09. The molecule has 0 aromatic rings. The highest BCUT2D eigenvalue weighted by Crippen LogP contribution is 2.17. The van der Waals surface area contributed by atoms with Gasteiger partial charge in [0.05, 0.1) is 5.82 Å². The molecule has 0 atom stereocenters. The predicted molar refractivity (Wildman–Crippen MR) is 54.3 cm³/mol. The molecule has 1 aliphatic heterocycles. The van der Waals surface area contributed by atoms with Gasteiger partial charge >= 0.3 is 0 Å². The summed E-state index contributed by atoms with van der Waals surface area (Å²) >= 11 is 0. The molecule has 0 saturated carbocycles. The second kappa shape index (κ2) is 4.77. The molecule has 0 aromatic heterocycles. The fraction of sp³-hybridized carbons (Fsp3) is 0.556. The maximum atomic E-state index is 5.87. The van der Waals surface area contributed by atoms with Crippen LogP contribution in [-0.4, -0.2) is 13.1 Å². The molecule has 1 fully saturated rings. The van der Waals surface area contributed by atoms with Crippen molar-refractivity contribution in [3.05, 3.63) is 23.7 Å². The van der Waals surface area contributed by atoms with Gasteiger partial charge < -0.3 is 22.5 Å². The first-order chi connectivity index (χ1) is 6.20. The van der Waals surface area contributed by atoms with Crippen LogP contribution in [0.5, 0.6) is 0 Å². The Kier molecular flexibility index (Phi) is 3.64. The zero-order chi connectivity index (χ0) is 9.68. The Morgan fingerprint density at radius 3 is 2.23 bits per heavy atom. The van der Waals surface area contributed by atoms with Gasteiger partial charge in [-0.05, 0) is 38.1 Å². The Hall–Kier alpha value is -1.16. The average Bonchev–Trinajstić information content (AvgIpc) is 2.15. The molecule has 1 aliphatic rings. The van der Waals surface area contributed by atoms with Crippen LogP contribution in [0.2, 0.25) is 0 Å². The minimum absolute atomic E-state index is 0.303. The normalized spacial score (nSPS) is 19.8. The van der Waals surface area contributed by atoms with Crippen LogP contribution in [0.3, 0.4) is 0 Å². The molecule has 0 bridgehead atoms. The number of allylic oxidation sites excluding steroid dienone is 3. The quantitative estimate of drug-likeness (QED) is 0.437. The molecule has 0 radical (unpaired) electrons. The van der Waals surface area contributed by atoms with Crippen molar-refractivity contribution in [1.82, 2.24) is 5.32 Å². The fourth-order valence-electron chi connectivity index (χ4n) is 1.48. The molecule has 0 aromatic carbocycles. The highest BCUT2D eigenvalue weighted by molar-refractivity contribution is 5.15. The Bertz CT molecular complexity index is 210. The van der Waals surface area contributed by atoms with Crippen LogP contribution >= 0.6 is 0 Å². The molecule has 1 saturated heterocycles. The zero-order valence-corrected chi connectivity index (χ0v) is 7.79. The van der Waals surface area contributed by atoms with Crippen LogP contribution in [0.25, 0.3) is 0 Å². The van der Waals surface area contributed by atoms with Crippen LogP contribution in [0.4, 0.5) is 0 Å². The maximum Gasteiger partial charge on any atom is 0.0934 e. The number of hydrogen-bond acceptors (Lipinski definition) is 4. The highest BCUT2D eigenvalue weighted by atomic mass is 14.9. The molecule has 74 valence electrons. The Morgan fingerprint density at radius 2 is 1.69 bits per heavy atom. The van der Waals surface area contributed by atoms with E-state index in [2.05, 4.69) is 5.32 Å². The van der Waals surface area contributed by atoms with Gasteiger partial charge in [-0.1, -0.05) is 0 Å². The lowest BCUT2D eigenvalue weighted by atomic mass is 9.94. The maximum absolute atomic E-state index is 5.87. The second-order valence-electron chi connectivity index (χ2n) is 3.36. The first-order valence-corrected chi connectivity index (χ1v) is 4.59. The zero-order valence-electron chi connectivity index (χ0n) is 7.79. The minimum atomic E-state index is 0.303. The molecular formula is C9H18N4. The minimum Gasteiger partial charge on any atom is -0.402 e. The lowest BCUT2D eigenvalue weighted by Gasteiger charge is -2.22. The van der Waals surface area contributed by atoms with Crippen LogP contribution in [0, 0.1) is 5.92 Å². The summed E-state index contributed by atoms with van der Waals surface area (Å²) in [5.74, 6) is 0.786. The molecule has 13 heavy (non-hydrogen) atoms. The molecule has 1 rings (SSSR count). The van der Waals surface area contributed by atoms with Gasteiger partial charge in [0.1, 0.15) is 0 Å². The summed E-state index contributed by atoms with van der Waals surface area (Å²) < 4.78 is 0. The standard InChI is InChI=1S/C9H18N4/c10-8(1-2-9(11)12)7-3-5-13-6-4-7/h1-2,7,13H,3-6,10-12H2/b8-1-. The van der Waals surface area contributed by atoms with Crippen LogP contribution < -0.4 is 22.5 Å². The lowest BCUT2D eigenvalue weighted by Crippen LogP contribution is -2.30. The van der Waals surface area contributed by atoms with Crippen molar-refractivity contribution in [3.63, 3.8) is 0 Å². The van der Waals surface area contributed by atoms with Gasteiger partial charge in [-0.25, -0.2) is 0 Å². The van der Waals surface area contributed by atoms with Crippen LogP contribution in [-0.2, 0) is 0 Å². The van der Waals surface area contributed by atoms with Crippen LogP contribution in [0.15, 0.2) is 23.7 Å². The number of nitrogens with one attached hydrogen (secondary N) is 1. The topological polar surface area (TPSA) is 90.1 Å². The van der Waals surface area contributed by atoms with Gasteiger partial charge in [-0.3, -0.25) is 0 Å². The average molecular weight is 182 g/mol. The number of nitrogens with two attached hydrogens (primary N) is 3. The molecule has 0 amide bonds. The number of hydrogen-bond donors (Lipinski definition) is 4. The van der Waals surface area contributed by atoms with Crippen molar-refractivity contribution < 1.29 is 0 Å². The third kappa shape index (κ3) is 3.38.